The molecule has 7 aromatic carbocycles. The van der Waals surface area contributed by atoms with Crippen LogP contribution in [0.3, 0.4) is 0 Å². The van der Waals surface area contributed by atoms with E-state index in [4.69, 9.17) is 20.3 Å². The van der Waals surface area contributed by atoms with Crippen LogP contribution in [0.4, 0.5) is 4.39 Å². The first-order valence-corrected chi connectivity index (χ1v) is 34.0. The number of aryl methyl sites for hydroxylation is 7. The molecule has 0 aliphatic rings. The van der Waals surface area contributed by atoms with Crippen LogP contribution in [0.5, 0.6) is 0 Å². The monoisotopic (exact) mass is 1930 g/mol. The van der Waals surface area contributed by atoms with Crippen molar-refractivity contribution in [3.05, 3.63) is 293 Å². The first-order chi connectivity index (χ1) is 46.8. The maximum Gasteiger partial charge on any atom is 0.155 e. The van der Waals surface area contributed by atoms with Gasteiger partial charge >= 0.3 is 0 Å². The summed E-state index contributed by atoms with van der Waals surface area (Å²) in [4.78, 5) is 47.9. The Morgan fingerprint density at radius 2 is 0.752 bits per heavy atom. The van der Waals surface area contributed by atoms with E-state index in [1.54, 1.807) is 11.3 Å². The number of pyridine rings is 3. The van der Waals surface area contributed by atoms with Crippen LogP contribution < -0.4 is 0 Å². The van der Waals surface area contributed by atoms with Gasteiger partial charge in [0.15, 0.2) is 17.3 Å². The summed E-state index contributed by atoms with van der Waals surface area (Å²) < 4.78 is 16.7. The van der Waals surface area contributed by atoms with Crippen molar-refractivity contribution < 1.29 is 94.4 Å². The van der Waals surface area contributed by atoms with Crippen molar-refractivity contribution >= 4 is 81.6 Å². The maximum atomic E-state index is 13.1. The molecule has 13 aromatic rings. The Morgan fingerprint density at radius 1 is 0.396 bits per heavy atom. The number of carbonyl (C=O) groups is 3. The van der Waals surface area contributed by atoms with Crippen molar-refractivity contribution in [1.82, 2.24) is 15.0 Å². The van der Waals surface area contributed by atoms with Crippen LogP contribution in [-0.4, -0.2) is 47.6 Å². The molecule has 0 fully saturated rings. The number of halogens is 1. The first-order valence-electron chi connectivity index (χ1n) is 31.6. The number of aliphatic hydroxyl groups is 3. The van der Waals surface area contributed by atoms with E-state index >= 15 is 0 Å². The number of fused-ring (bicyclic) bond motifs is 3. The summed E-state index contributed by atoms with van der Waals surface area (Å²) in [5.74, 6) is -0.401. The van der Waals surface area contributed by atoms with E-state index in [1.807, 2.05) is 60.3 Å². The smallest absolute Gasteiger partial charge is 0.155 e. The standard InChI is InChI=1S/C27H20NS.C22H18NS.C21H15FNS.3C5H8O2.3Ir/c1-18-13-19(2)15-22(14-18)24-16-23-25(17-28-24)29-27(21-11-7-4-8-12-21)26(23)20-9-5-3-6-10-20;1-14-9-15(2)11-18(10-14)20-12-19-16(3)22(24-21(19)13-23-20)17-7-5-4-6-8-17;1-13-7-14(2)9-16(8-13)19-10-17-11-20(24-21(17)12-23-19)15-3-5-18(22)6-4-15;3*1-4(6)3-5(2)7;;;/h3-14,16-17H,1-2H3;4-10,12-13H,1-3H3;3-8,10-12H,1-2H3;3*3,6H,1-2H3;;;/q3*-1;;;;;;. The van der Waals surface area contributed by atoms with Crippen molar-refractivity contribution in [3.63, 3.8) is 0 Å². The molecule has 0 spiro atoms. The summed E-state index contributed by atoms with van der Waals surface area (Å²) in [6.07, 6.45) is 9.42. The molecule has 0 bridgehead atoms. The van der Waals surface area contributed by atoms with Gasteiger partial charge in [0, 0.05) is 117 Å². The molecule has 13 rings (SSSR count). The van der Waals surface area contributed by atoms with Gasteiger partial charge in [0.1, 0.15) is 5.82 Å². The molecule has 0 aliphatic heterocycles. The molecule has 0 saturated carbocycles. The average molecular weight is 1930 g/mol. The van der Waals surface area contributed by atoms with Gasteiger partial charge in [0.05, 0.1) is 31.4 Å². The summed E-state index contributed by atoms with van der Waals surface area (Å²) in [6.45, 7) is 23.3. The molecule has 3 N–H and O–H groups in total. The van der Waals surface area contributed by atoms with Crippen molar-refractivity contribution in [2.24, 2.45) is 0 Å². The number of nitrogens with zero attached hydrogens (tertiary/aromatic N) is 3. The molecular formula is C85H77FIr3N3O6S3-3. The number of benzene rings is 7. The molecule has 6 heterocycles. The van der Waals surface area contributed by atoms with Gasteiger partial charge in [-0.05, 0) is 128 Å². The predicted octanol–water partition coefficient (Wildman–Crippen LogP) is 23.4. The Kier molecular flexibility index (Phi) is 32.5. The second-order valence-electron chi connectivity index (χ2n) is 23.8. The van der Waals surface area contributed by atoms with Gasteiger partial charge in [-0.25, -0.2) is 4.39 Å². The number of carbonyl (C=O) groups excluding carboxylic acids is 3. The molecule has 6 aromatic heterocycles. The van der Waals surface area contributed by atoms with Crippen LogP contribution in [0.2, 0.25) is 0 Å². The number of thiophene rings is 3. The fraction of sp³-hybridized carbons (Fsp3) is 0.153. The zero-order valence-corrected chi connectivity index (χ0v) is 67.9. The molecule has 0 amide bonds. The van der Waals surface area contributed by atoms with E-state index in [0.29, 0.717) is 0 Å². The zero-order chi connectivity index (χ0) is 70.7. The van der Waals surface area contributed by atoms with E-state index in [0.717, 1.165) is 71.0 Å². The molecule has 16 heteroatoms. The number of hydrogen-bond donors (Lipinski definition) is 3. The van der Waals surface area contributed by atoms with Gasteiger partial charge in [0.2, 0.25) is 0 Å². The number of hydrogen-bond acceptors (Lipinski definition) is 12. The molecule has 0 aliphatic carbocycles. The topological polar surface area (TPSA) is 151 Å². The van der Waals surface area contributed by atoms with Crippen LogP contribution in [0, 0.1) is 72.5 Å². The van der Waals surface area contributed by atoms with Crippen molar-refractivity contribution in [3.8, 4) is 76.2 Å². The summed E-state index contributed by atoms with van der Waals surface area (Å²) in [5.41, 5.74) is 20.5. The van der Waals surface area contributed by atoms with E-state index in [9.17, 15) is 18.8 Å². The fourth-order valence-electron chi connectivity index (χ4n) is 10.8. The van der Waals surface area contributed by atoms with Gasteiger partial charge < -0.3 is 30.3 Å². The minimum absolute atomic E-state index is 0. The molecule has 0 saturated heterocycles. The Hall–Kier alpha value is -8.62. The molecular weight excluding hydrogens is 1850 g/mol. The Morgan fingerprint density at radius 3 is 1.14 bits per heavy atom. The molecule has 101 heavy (non-hydrogen) atoms. The molecule has 523 valence electrons. The molecule has 0 atom stereocenters. The third-order valence-corrected chi connectivity index (χ3v) is 18.2. The van der Waals surface area contributed by atoms with E-state index < -0.39 is 0 Å². The third-order valence-electron chi connectivity index (χ3n) is 14.6. The maximum absolute atomic E-state index is 13.1. The number of allylic oxidation sites excluding steroid dienone is 6. The number of aromatic nitrogens is 3. The number of ketones is 3. The predicted molar refractivity (Wildman–Crippen MR) is 408 cm³/mol. The minimum Gasteiger partial charge on any atom is -0.512 e. The minimum atomic E-state index is -0.214. The quantitative estimate of drug-likeness (QED) is 0.0691. The van der Waals surface area contributed by atoms with Crippen LogP contribution in [0.15, 0.2) is 230 Å². The van der Waals surface area contributed by atoms with Gasteiger partial charge in [-0.3, -0.25) is 14.4 Å². The van der Waals surface area contributed by atoms with E-state index in [2.05, 4.69) is 221 Å². The fourth-order valence-corrected chi connectivity index (χ4v) is 14.2. The Bertz CT molecular complexity index is 4930. The van der Waals surface area contributed by atoms with Gasteiger partial charge in [0.25, 0.3) is 0 Å². The summed E-state index contributed by atoms with van der Waals surface area (Å²) in [7, 11) is 0. The molecule has 0 unspecified atom stereocenters. The summed E-state index contributed by atoms with van der Waals surface area (Å²) in [6, 6.07) is 70.2. The van der Waals surface area contributed by atoms with Crippen LogP contribution >= 0.6 is 34.0 Å². The second-order valence-corrected chi connectivity index (χ2v) is 27.0. The number of rotatable bonds is 10. The van der Waals surface area contributed by atoms with Crippen LogP contribution in [0.25, 0.3) is 106 Å². The second kappa shape index (κ2) is 39.5. The normalized spacial score (nSPS) is 10.9. The average Bonchev–Trinajstić information content (AvgIpc) is 1.63. The third kappa shape index (κ3) is 24.6. The van der Waals surface area contributed by atoms with Gasteiger partial charge in [-0.1, -0.05) is 163 Å². The largest absolute Gasteiger partial charge is 0.512 e. The van der Waals surface area contributed by atoms with Crippen LogP contribution in [-0.2, 0) is 74.7 Å². The SMILES string of the molecule is CC(=O)C=C(C)O.CC(=O)C=C(C)O.CC(=O)C=C(C)O.Cc1[c-]c(-c2cc3c(-c4ccccc4)c(-c4ccccc4)sc3cn2)cc(C)c1.Cc1[c-]c(-c2cc3c(C)c(-c4ccccc4)sc3cn2)cc(C)c1.Cc1[c-]c(-c2cc3cc(-c4ccc(F)cc4)sc3cn2)cc(C)c1.[Ir].[Ir].[Ir]. The Balaban J connectivity index is 0.000000236. The Labute approximate surface area is 644 Å². The van der Waals surface area contributed by atoms with Gasteiger partial charge in [-0.2, -0.15) is 0 Å². The zero-order valence-electron chi connectivity index (χ0n) is 58.2. The number of aliphatic hydroxyl groups excluding tert-OH is 3. The summed E-state index contributed by atoms with van der Waals surface area (Å²) >= 11 is 5.30. The van der Waals surface area contributed by atoms with Gasteiger partial charge in [-0.15, -0.1) is 139 Å². The molecule has 9 nitrogen and oxygen atoms in total. The van der Waals surface area contributed by atoms with Crippen molar-refractivity contribution in [1.29, 1.82) is 0 Å². The van der Waals surface area contributed by atoms with E-state index in [-0.39, 0.29) is 101 Å². The van der Waals surface area contributed by atoms with Crippen LogP contribution in [0.1, 0.15) is 80.5 Å². The van der Waals surface area contributed by atoms with Crippen molar-refractivity contribution in [2.45, 2.75) is 90.0 Å². The summed E-state index contributed by atoms with van der Waals surface area (Å²) in [5, 5.41) is 28.8. The van der Waals surface area contributed by atoms with E-state index in [1.165, 1.54) is 146 Å². The first kappa shape index (κ1) is 83.0. The molecule has 3 radical (unpaired) electrons. The van der Waals surface area contributed by atoms with Crippen molar-refractivity contribution in [2.75, 3.05) is 0 Å².